The Morgan fingerprint density at radius 3 is 2.48 bits per heavy atom. The summed E-state index contributed by atoms with van der Waals surface area (Å²) in [5.41, 5.74) is 5.19. The zero-order valence-electron chi connectivity index (χ0n) is 10.2. The molecule has 0 bridgehead atoms. The van der Waals surface area contributed by atoms with E-state index < -0.39 is 21.7 Å². The molecule has 0 aliphatic rings. The van der Waals surface area contributed by atoms with Gasteiger partial charge < -0.3 is 5.73 Å². The number of nitrogens with two attached hydrogens (primary N) is 1. The van der Waals surface area contributed by atoms with Crippen LogP contribution in [0.1, 0.15) is 0 Å². The number of anilines is 2. The highest BCUT2D eigenvalue weighted by Gasteiger charge is 2.21. The second-order valence-electron chi connectivity index (χ2n) is 4.03. The molecule has 2 rings (SSSR count). The fraction of sp³-hybridized carbons (Fsp3) is 0. The zero-order valence-corrected chi connectivity index (χ0v) is 13.9. The largest absolute Gasteiger partial charge is 0.396 e. The van der Waals surface area contributed by atoms with Crippen LogP contribution in [0.15, 0.2) is 35.2 Å². The van der Waals surface area contributed by atoms with Crippen LogP contribution < -0.4 is 10.5 Å². The SMILES string of the molecule is Nc1cc(S(=O)(=O)Nc2ccc(F)cc2I)c(Cl)cc1F. The lowest BCUT2D eigenvalue weighted by atomic mass is 10.3. The molecule has 0 aliphatic carbocycles. The van der Waals surface area contributed by atoms with Gasteiger partial charge in [-0.3, -0.25) is 4.72 Å². The van der Waals surface area contributed by atoms with Crippen LogP contribution in [0.5, 0.6) is 0 Å². The average molecular weight is 445 g/mol. The first kappa shape index (κ1) is 16.2. The summed E-state index contributed by atoms with van der Waals surface area (Å²) in [5, 5.41) is -0.300. The van der Waals surface area contributed by atoms with Crippen molar-refractivity contribution in [1.29, 1.82) is 0 Å². The number of hydrogen-bond donors (Lipinski definition) is 2. The van der Waals surface area contributed by atoms with Crippen molar-refractivity contribution < 1.29 is 17.2 Å². The molecule has 3 N–H and O–H groups in total. The first-order valence-corrected chi connectivity index (χ1v) is 8.37. The van der Waals surface area contributed by atoms with Crippen LogP contribution in [-0.4, -0.2) is 8.42 Å². The Morgan fingerprint density at radius 1 is 1.19 bits per heavy atom. The molecule has 9 heteroatoms. The number of nitrogens with one attached hydrogen (secondary N) is 1. The predicted molar refractivity (Wildman–Crippen MR) is 85.7 cm³/mol. The van der Waals surface area contributed by atoms with E-state index in [4.69, 9.17) is 17.3 Å². The smallest absolute Gasteiger partial charge is 0.263 e. The van der Waals surface area contributed by atoms with Gasteiger partial charge in [0.05, 0.1) is 16.4 Å². The molecule has 0 saturated heterocycles. The summed E-state index contributed by atoms with van der Waals surface area (Å²) in [5.74, 6) is -1.30. The Hall–Kier alpha value is -1.13. The van der Waals surface area contributed by atoms with Crippen molar-refractivity contribution in [2.45, 2.75) is 4.90 Å². The summed E-state index contributed by atoms with van der Waals surface area (Å²) < 4.78 is 53.3. The molecule has 0 unspecified atom stereocenters. The molecule has 0 radical (unpaired) electrons. The van der Waals surface area contributed by atoms with Crippen molar-refractivity contribution in [2.24, 2.45) is 0 Å². The van der Waals surface area contributed by atoms with Crippen LogP contribution >= 0.6 is 34.2 Å². The first-order chi connectivity index (χ1) is 9.70. The summed E-state index contributed by atoms with van der Waals surface area (Å²) >= 11 is 7.52. The minimum atomic E-state index is -4.07. The third-order valence-corrected chi connectivity index (χ3v) is 5.24. The summed E-state index contributed by atoms with van der Waals surface area (Å²) in [6, 6.07) is 5.30. The normalized spacial score (nSPS) is 11.4. The molecule has 0 saturated carbocycles. The van der Waals surface area contributed by atoms with E-state index in [9.17, 15) is 17.2 Å². The maximum atomic E-state index is 13.2. The maximum absolute atomic E-state index is 13.2. The van der Waals surface area contributed by atoms with E-state index in [1.165, 1.54) is 12.1 Å². The van der Waals surface area contributed by atoms with Gasteiger partial charge in [-0.05, 0) is 52.9 Å². The molecular formula is C12H8ClF2IN2O2S. The second kappa shape index (κ2) is 5.93. The molecule has 0 atom stereocenters. The Labute approximate surface area is 138 Å². The average Bonchev–Trinajstić information content (AvgIpc) is 2.37. The number of halogens is 4. The van der Waals surface area contributed by atoms with Crippen LogP contribution in [0.25, 0.3) is 0 Å². The van der Waals surface area contributed by atoms with E-state index in [2.05, 4.69) is 4.72 Å². The van der Waals surface area contributed by atoms with Gasteiger partial charge in [0.2, 0.25) is 0 Å². The van der Waals surface area contributed by atoms with Crippen LogP contribution in [0.3, 0.4) is 0 Å². The number of sulfonamides is 1. The van der Waals surface area contributed by atoms with Gasteiger partial charge >= 0.3 is 0 Å². The topological polar surface area (TPSA) is 72.2 Å². The van der Waals surface area contributed by atoms with Crippen molar-refractivity contribution in [2.75, 3.05) is 10.5 Å². The fourth-order valence-corrected chi connectivity index (χ4v) is 3.95. The predicted octanol–water partition coefficient (Wildman–Crippen LogP) is 3.61. The molecule has 0 amide bonds. The summed E-state index contributed by atoms with van der Waals surface area (Å²) in [4.78, 5) is -0.358. The Kier molecular flexibility index (Phi) is 4.59. The number of hydrogen-bond acceptors (Lipinski definition) is 3. The molecule has 4 nitrogen and oxygen atoms in total. The standard InChI is InChI=1S/C12H8ClF2IN2O2S/c13-7-4-8(15)10(17)5-12(7)21(19,20)18-11-2-1-6(14)3-9(11)16/h1-5,18H,17H2. The van der Waals surface area contributed by atoms with Gasteiger partial charge in [-0.2, -0.15) is 0 Å². The lowest BCUT2D eigenvalue weighted by Gasteiger charge is -2.12. The summed E-state index contributed by atoms with van der Waals surface area (Å²) in [6.07, 6.45) is 0. The van der Waals surface area contributed by atoms with Gasteiger partial charge in [0.15, 0.2) is 0 Å². The van der Waals surface area contributed by atoms with Crippen LogP contribution in [0.2, 0.25) is 5.02 Å². The molecule has 21 heavy (non-hydrogen) atoms. The zero-order chi connectivity index (χ0) is 15.8. The van der Waals surface area contributed by atoms with Crippen LogP contribution in [0.4, 0.5) is 20.2 Å². The molecule has 0 spiro atoms. The quantitative estimate of drug-likeness (QED) is 0.561. The number of benzene rings is 2. The van der Waals surface area contributed by atoms with E-state index >= 15 is 0 Å². The summed E-state index contributed by atoms with van der Waals surface area (Å²) in [7, 11) is -4.07. The van der Waals surface area contributed by atoms with E-state index in [1.54, 1.807) is 22.6 Å². The van der Waals surface area contributed by atoms with Gasteiger partial charge in [-0.15, -0.1) is 0 Å². The highest BCUT2D eigenvalue weighted by Crippen LogP contribution is 2.29. The minimum Gasteiger partial charge on any atom is -0.396 e. The summed E-state index contributed by atoms with van der Waals surface area (Å²) in [6.45, 7) is 0. The van der Waals surface area contributed by atoms with Gasteiger partial charge in [0, 0.05) is 3.57 Å². The van der Waals surface area contributed by atoms with E-state index in [1.807, 2.05) is 0 Å². The Morgan fingerprint density at radius 2 is 1.86 bits per heavy atom. The monoisotopic (exact) mass is 444 g/mol. The molecule has 2 aromatic carbocycles. The molecule has 0 heterocycles. The fourth-order valence-electron chi connectivity index (χ4n) is 1.52. The van der Waals surface area contributed by atoms with Gasteiger partial charge in [-0.25, -0.2) is 17.2 Å². The maximum Gasteiger partial charge on any atom is 0.263 e. The molecule has 2 aromatic rings. The van der Waals surface area contributed by atoms with E-state index in [-0.39, 0.29) is 21.3 Å². The van der Waals surface area contributed by atoms with Gasteiger partial charge in [-0.1, -0.05) is 11.6 Å². The van der Waals surface area contributed by atoms with Crippen molar-refractivity contribution in [3.05, 3.63) is 50.6 Å². The molecule has 0 fully saturated rings. The van der Waals surface area contributed by atoms with Crippen molar-refractivity contribution in [3.63, 3.8) is 0 Å². The first-order valence-electron chi connectivity index (χ1n) is 5.43. The van der Waals surface area contributed by atoms with Gasteiger partial charge in [0.25, 0.3) is 10.0 Å². The highest BCUT2D eigenvalue weighted by molar-refractivity contribution is 14.1. The van der Waals surface area contributed by atoms with Crippen molar-refractivity contribution in [1.82, 2.24) is 0 Å². The number of nitrogen functional groups attached to an aromatic ring is 1. The van der Waals surface area contributed by atoms with E-state index in [0.29, 0.717) is 3.57 Å². The van der Waals surface area contributed by atoms with Crippen LogP contribution in [-0.2, 0) is 10.0 Å². The molecular weight excluding hydrogens is 437 g/mol. The second-order valence-corrected chi connectivity index (χ2v) is 7.25. The Bertz CT molecular complexity index is 815. The Balaban J connectivity index is 2.46. The molecule has 112 valence electrons. The van der Waals surface area contributed by atoms with Crippen molar-refractivity contribution in [3.8, 4) is 0 Å². The highest BCUT2D eigenvalue weighted by atomic mass is 127. The minimum absolute atomic E-state index is 0.177. The van der Waals surface area contributed by atoms with Crippen LogP contribution in [0, 0.1) is 15.2 Å². The van der Waals surface area contributed by atoms with Crippen molar-refractivity contribution >= 4 is 55.6 Å². The van der Waals surface area contributed by atoms with Gasteiger partial charge in [0.1, 0.15) is 16.5 Å². The lowest BCUT2D eigenvalue weighted by Crippen LogP contribution is -2.15. The lowest BCUT2D eigenvalue weighted by molar-refractivity contribution is 0.600. The third-order valence-electron chi connectivity index (χ3n) is 2.52. The number of rotatable bonds is 3. The third kappa shape index (κ3) is 3.55. The van der Waals surface area contributed by atoms with E-state index in [0.717, 1.165) is 18.2 Å². The molecule has 0 aliphatic heterocycles. The molecule has 0 aromatic heterocycles.